The van der Waals surface area contributed by atoms with Gasteiger partial charge in [0.1, 0.15) is 5.82 Å². The minimum Gasteiger partial charge on any atom is -0.388 e. The van der Waals surface area contributed by atoms with Crippen molar-refractivity contribution in [3.8, 4) is 0 Å². The summed E-state index contributed by atoms with van der Waals surface area (Å²) in [6.45, 7) is 0. The first-order chi connectivity index (χ1) is 8.95. The Balaban J connectivity index is 2.20. The maximum atomic E-state index is 13.3. The average molecular weight is 408 g/mol. The monoisotopic (exact) mass is 406 g/mol. The van der Waals surface area contributed by atoms with Gasteiger partial charge in [0, 0.05) is 15.4 Å². The molecule has 100 valence electrons. The average Bonchev–Trinajstić information content (AvgIpc) is 2.31. The third-order valence-corrected chi connectivity index (χ3v) is 4.37. The largest absolute Gasteiger partial charge is 0.388 e. The fourth-order valence-corrected chi connectivity index (χ4v) is 2.74. The standard InChI is InChI=1S/C14H10Br2ClFO/c15-10-3-8(4-11(18)7-10)5-14(19)9-1-2-12(16)13(17)6-9/h1-4,6-7,14,19H,5H2. The molecule has 0 aliphatic carbocycles. The zero-order valence-corrected chi connectivity index (χ0v) is 13.6. The molecule has 0 radical (unpaired) electrons. The summed E-state index contributed by atoms with van der Waals surface area (Å²) in [4.78, 5) is 0. The van der Waals surface area contributed by atoms with E-state index in [0.717, 1.165) is 10.0 Å². The first-order valence-electron chi connectivity index (χ1n) is 5.53. The van der Waals surface area contributed by atoms with Crippen LogP contribution in [0.2, 0.25) is 5.02 Å². The van der Waals surface area contributed by atoms with Crippen molar-refractivity contribution in [1.29, 1.82) is 0 Å². The lowest BCUT2D eigenvalue weighted by molar-refractivity contribution is 0.178. The summed E-state index contributed by atoms with van der Waals surface area (Å²) in [5.41, 5.74) is 1.42. The lowest BCUT2D eigenvalue weighted by Gasteiger charge is -2.12. The minimum absolute atomic E-state index is 0.328. The SMILES string of the molecule is OC(Cc1cc(F)cc(Br)c1)c1ccc(Br)c(Cl)c1. The Morgan fingerprint density at radius 2 is 1.89 bits per heavy atom. The van der Waals surface area contributed by atoms with Crippen LogP contribution in [0.4, 0.5) is 4.39 Å². The molecule has 0 fully saturated rings. The van der Waals surface area contributed by atoms with E-state index in [-0.39, 0.29) is 5.82 Å². The molecule has 1 N–H and O–H groups in total. The second kappa shape index (κ2) is 6.35. The fraction of sp³-hybridized carbons (Fsp3) is 0.143. The highest BCUT2D eigenvalue weighted by molar-refractivity contribution is 9.10. The number of hydrogen-bond donors (Lipinski definition) is 1. The van der Waals surface area contributed by atoms with Crippen LogP contribution in [-0.2, 0) is 6.42 Å². The number of hydrogen-bond acceptors (Lipinski definition) is 1. The van der Waals surface area contributed by atoms with Gasteiger partial charge in [-0.05, 0) is 57.4 Å². The van der Waals surface area contributed by atoms with E-state index < -0.39 is 6.10 Å². The molecule has 1 atom stereocenters. The van der Waals surface area contributed by atoms with Gasteiger partial charge in [-0.3, -0.25) is 0 Å². The van der Waals surface area contributed by atoms with Crippen molar-refractivity contribution in [3.63, 3.8) is 0 Å². The number of benzene rings is 2. The van der Waals surface area contributed by atoms with Crippen LogP contribution in [0.3, 0.4) is 0 Å². The molecule has 2 rings (SSSR count). The molecule has 0 heterocycles. The van der Waals surface area contributed by atoms with E-state index in [1.807, 2.05) is 0 Å². The summed E-state index contributed by atoms with van der Waals surface area (Å²) in [6, 6.07) is 9.84. The lowest BCUT2D eigenvalue weighted by atomic mass is 10.0. The van der Waals surface area contributed by atoms with Crippen molar-refractivity contribution in [1.82, 2.24) is 0 Å². The van der Waals surface area contributed by atoms with Crippen LogP contribution in [-0.4, -0.2) is 5.11 Å². The summed E-state index contributed by atoms with van der Waals surface area (Å²) < 4.78 is 14.7. The van der Waals surface area contributed by atoms with Gasteiger partial charge in [-0.25, -0.2) is 4.39 Å². The van der Waals surface area contributed by atoms with E-state index in [9.17, 15) is 9.50 Å². The Labute approximate surface area is 132 Å². The maximum Gasteiger partial charge on any atom is 0.124 e. The van der Waals surface area contributed by atoms with E-state index in [1.54, 1.807) is 24.3 Å². The lowest BCUT2D eigenvalue weighted by Crippen LogP contribution is -2.02. The Morgan fingerprint density at radius 1 is 1.16 bits per heavy atom. The smallest absolute Gasteiger partial charge is 0.124 e. The van der Waals surface area contributed by atoms with Gasteiger partial charge in [0.25, 0.3) is 0 Å². The summed E-state index contributed by atoms with van der Waals surface area (Å²) >= 11 is 12.5. The van der Waals surface area contributed by atoms with Crippen molar-refractivity contribution in [2.24, 2.45) is 0 Å². The molecular formula is C14H10Br2ClFO. The molecule has 0 saturated heterocycles. The van der Waals surface area contributed by atoms with Crippen molar-refractivity contribution in [2.75, 3.05) is 0 Å². The predicted molar refractivity (Wildman–Crippen MR) is 81.9 cm³/mol. The second-order valence-electron chi connectivity index (χ2n) is 4.17. The first kappa shape index (κ1) is 15.0. The van der Waals surface area contributed by atoms with Gasteiger partial charge >= 0.3 is 0 Å². The van der Waals surface area contributed by atoms with Crippen LogP contribution in [0.25, 0.3) is 0 Å². The van der Waals surface area contributed by atoms with Gasteiger partial charge < -0.3 is 5.11 Å². The van der Waals surface area contributed by atoms with Gasteiger partial charge in [0.2, 0.25) is 0 Å². The zero-order chi connectivity index (χ0) is 14.0. The summed E-state index contributed by atoms with van der Waals surface area (Å²) in [7, 11) is 0. The van der Waals surface area contributed by atoms with Gasteiger partial charge in [-0.1, -0.05) is 33.6 Å². The summed E-state index contributed by atoms with van der Waals surface area (Å²) in [5, 5.41) is 10.7. The quantitative estimate of drug-likeness (QED) is 0.733. The van der Waals surface area contributed by atoms with Crippen LogP contribution in [0, 0.1) is 5.82 Å². The van der Waals surface area contributed by atoms with E-state index in [0.29, 0.717) is 21.5 Å². The topological polar surface area (TPSA) is 20.2 Å². The van der Waals surface area contributed by atoms with Crippen LogP contribution in [0.15, 0.2) is 45.3 Å². The van der Waals surface area contributed by atoms with E-state index in [2.05, 4.69) is 31.9 Å². The molecule has 0 spiro atoms. The molecule has 0 aliphatic rings. The Morgan fingerprint density at radius 3 is 2.53 bits per heavy atom. The van der Waals surface area contributed by atoms with E-state index in [4.69, 9.17) is 11.6 Å². The number of rotatable bonds is 3. The van der Waals surface area contributed by atoms with Gasteiger partial charge in [0.15, 0.2) is 0 Å². The second-order valence-corrected chi connectivity index (χ2v) is 6.35. The molecule has 5 heteroatoms. The molecule has 1 unspecified atom stereocenters. The Hall–Kier alpha value is -0.420. The third kappa shape index (κ3) is 4.02. The fourth-order valence-electron chi connectivity index (χ4n) is 1.79. The minimum atomic E-state index is -0.723. The van der Waals surface area contributed by atoms with E-state index >= 15 is 0 Å². The van der Waals surface area contributed by atoms with Gasteiger partial charge in [0.05, 0.1) is 11.1 Å². The van der Waals surface area contributed by atoms with Crippen molar-refractivity contribution in [2.45, 2.75) is 12.5 Å². The van der Waals surface area contributed by atoms with Crippen LogP contribution in [0.5, 0.6) is 0 Å². The number of halogens is 4. The highest BCUT2D eigenvalue weighted by Crippen LogP contribution is 2.28. The Kier molecular flexibility index (Phi) is 5.01. The first-order valence-corrected chi connectivity index (χ1v) is 7.50. The van der Waals surface area contributed by atoms with E-state index in [1.165, 1.54) is 12.1 Å². The van der Waals surface area contributed by atoms with Gasteiger partial charge in [-0.15, -0.1) is 0 Å². The highest BCUT2D eigenvalue weighted by Gasteiger charge is 2.11. The van der Waals surface area contributed by atoms with Crippen LogP contribution in [0.1, 0.15) is 17.2 Å². The number of aliphatic hydroxyl groups excluding tert-OH is 1. The molecule has 0 saturated carbocycles. The number of aliphatic hydroxyl groups is 1. The molecule has 19 heavy (non-hydrogen) atoms. The van der Waals surface area contributed by atoms with Crippen molar-refractivity contribution in [3.05, 3.63) is 67.3 Å². The molecule has 0 bridgehead atoms. The Bertz CT molecular complexity index is 584. The van der Waals surface area contributed by atoms with Crippen molar-refractivity contribution >= 4 is 43.5 Å². The van der Waals surface area contributed by atoms with Crippen LogP contribution >= 0.6 is 43.5 Å². The summed E-state index contributed by atoms with van der Waals surface area (Å²) in [5.74, 6) is -0.328. The predicted octanol–water partition coefficient (Wildman–Crippen LogP) is 5.28. The molecule has 0 aromatic heterocycles. The molecule has 0 aliphatic heterocycles. The van der Waals surface area contributed by atoms with Crippen LogP contribution < -0.4 is 0 Å². The third-order valence-electron chi connectivity index (χ3n) is 2.68. The molecule has 0 amide bonds. The highest BCUT2D eigenvalue weighted by atomic mass is 79.9. The molecule has 1 nitrogen and oxygen atoms in total. The van der Waals surface area contributed by atoms with Crippen molar-refractivity contribution < 1.29 is 9.50 Å². The van der Waals surface area contributed by atoms with Gasteiger partial charge in [-0.2, -0.15) is 0 Å². The molecule has 2 aromatic carbocycles. The maximum absolute atomic E-state index is 13.3. The normalized spacial score (nSPS) is 12.5. The zero-order valence-electron chi connectivity index (χ0n) is 9.71. The molecular weight excluding hydrogens is 398 g/mol. The molecule has 2 aromatic rings. The summed E-state index contributed by atoms with van der Waals surface area (Å²) in [6.07, 6.45) is -0.395.